The number of carbonyl (C=O) groups excluding carboxylic acids is 1. The van der Waals surface area contributed by atoms with Crippen LogP contribution >= 0.6 is 0 Å². The lowest BCUT2D eigenvalue weighted by Crippen LogP contribution is -2.40. The molecule has 0 spiro atoms. The van der Waals surface area contributed by atoms with Crippen LogP contribution in [0.1, 0.15) is 26.5 Å². The van der Waals surface area contributed by atoms with Gasteiger partial charge in [0.1, 0.15) is 42.8 Å². The predicted molar refractivity (Wildman–Crippen MR) is 107 cm³/mol. The summed E-state index contributed by atoms with van der Waals surface area (Å²) >= 11 is 0. The van der Waals surface area contributed by atoms with E-state index in [1.807, 2.05) is 20.8 Å². The third kappa shape index (κ3) is 3.84. The van der Waals surface area contributed by atoms with Crippen molar-refractivity contribution in [2.75, 3.05) is 26.1 Å². The molecule has 0 aromatic carbocycles. The van der Waals surface area contributed by atoms with E-state index >= 15 is 0 Å². The van der Waals surface area contributed by atoms with Gasteiger partial charge in [0.25, 0.3) is 6.48 Å². The molecule has 2 saturated heterocycles. The molecule has 4 rings (SSSR count). The number of nitrogens with zero attached hydrogens (tertiary/aromatic N) is 4. The summed E-state index contributed by atoms with van der Waals surface area (Å²) in [7, 11) is 1.41. The number of nitriles is 1. The van der Waals surface area contributed by atoms with Crippen molar-refractivity contribution in [3.05, 3.63) is 24.2 Å². The Morgan fingerprint density at radius 1 is 1.34 bits per heavy atom. The molecule has 2 fully saturated rings. The number of anilines is 1. The first-order valence-electron chi connectivity index (χ1n) is 9.99. The topological polar surface area (TPSA) is 152 Å². The fourth-order valence-corrected chi connectivity index (χ4v) is 3.71. The van der Waals surface area contributed by atoms with E-state index in [2.05, 4.69) is 16.2 Å². The van der Waals surface area contributed by atoms with Gasteiger partial charge in [-0.2, -0.15) is 10.4 Å². The summed E-state index contributed by atoms with van der Waals surface area (Å²) in [6, 6.07) is 5.53. The Morgan fingerprint density at radius 3 is 2.81 bits per heavy atom. The molecule has 32 heavy (non-hydrogen) atoms. The smallest absolute Gasteiger partial charge is 0.434 e. The molecule has 172 valence electrons. The monoisotopic (exact) mass is 447 g/mol. The summed E-state index contributed by atoms with van der Waals surface area (Å²) in [5.41, 5.74) is 4.96. The third-order valence-corrected chi connectivity index (χ3v) is 5.14. The van der Waals surface area contributed by atoms with Crippen LogP contribution in [0.25, 0.3) is 5.52 Å². The summed E-state index contributed by atoms with van der Waals surface area (Å²) in [5.74, 6) is 0.244. The van der Waals surface area contributed by atoms with Gasteiger partial charge >= 0.3 is 6.16 Å². The van der Waals surface area contributed by atoms with Crippen LogP contribution in [0.5, 0.6) is 0 Å². The van der Waals surface area contributed by atoms with E-state index in [0.717, 1.165) is 0 Å². The molecule has 1 unspecified atom stereocenters. The lowest BCUT2D eigenvalue weighted by atomic mass is 9.92. The highest BCUT2D eigenvalue weighted by molar-refractivity contribution is 5.66. The normalized spacial score (nSPS) is 29.6. The number of nitrogen functional groups attached to an aromatic ring is 1. The zero-order valence-corrected chi connectivity index (χ0v) is 18.2. The van der Waals surface area contributed by atoms with Crippen molar-refractivity contribution < 1.29 is 33.2 Å². The average molecular weight is 447 g/mol. The highest BCUT2D eigenvalue weighted by Crippen LogP contribution is 2.47. The standard InChI is InChI=1S/C20H25N5O7/c1-19(2,3)9-29-17(26)28-7-12-14-15(31-18(27-4)30-14)20(8-21,32-12)13-6-5-11-16(22)23-10-24-25(11)13/h5-6,10,12,14-15,18H,7,9H2,1-4H3,(H2,22,23,24)/t12-,14-,15-,18?,20+/m1/s1. The van der Waals surface area contributed by atoms with E-state index in [-0.39, 0.29) is 24.4 Å². The van der Waals surface area contributed by atoms with Crippen LogP contribution in [0.2, 0.25) is 0 Å². The van der Waals surface area contributed by atoms with Gasteiger partial charge in [-0.25, -0.2) is 14.3 Å². The lowest BCUT2D eigenvalue weighted by molar-refractivity contribution is -0.259. The fraction of sp³-hybridized carbons (Fsp3) is 0.600. The number of carbonyl (C=O) groups is 1. The molecular weight excluding hydrogens is 422 g/mol. The summed E-state index contributed by atoms with van der Waals surface area (Å²) in [4.78, 5) is 16.0. The quantitative estimate of drug-likeness (QED) is 0.661. The maximum Gasteiger partial charge on any atom is 0.508 e. The molecule has 0 radical (unpaired) electrons. The molecule has 5 atom stereocenters. The first-order chi connectivity index (χ1) is 15.2. The van der Waals surface area contributed by atoms with Gasteiger partial charge in [-0.3, -0.25) is 0 Å². The molecule has 12 nitrogen and oxygen atoms in total. The summed E-state index contributed by atoms with van der Waals surface area (Å²) in [5, 5.41) is 14.4. The average Bonchev–Trinajstić information content (AvgIpc) is 3.44. The number of nitrogens with two attached hydrogens (primary N) is 1. The molecule has 4 heterocycles. The Labute approximate surface area is 184 Å². The van der Waals surface area contributed by atoms with Gasteiger partial charge in [0.2, 0.25) is 5.60 Å². The highest BCUT2D eigenvalue weighted by atomic mass is 16.9. The predicted octanol–water partition coefficient (Wildman–Crippen LogP) is 1.34. The first-order valence-corrected chi connectivity index (χ1v) is 9.99. The van der Waals surface area contributed by atoms with Crippen LogP contribution in [0.3, 0.4) is 0 Å². The number of hydrogen-bond acceptors (Lipinski definition) is 11. The lowest BCUT2D eigenvalue weighted by Gasteiger charge is -2.26. The maximum absolute atomic E-state index is 12.0. The number of aromatic nitrogens is 3. The Hall–Kier alpha value is -2.98. The van der Waals surface area contributed by atoms with E-state index in [1.54, 1.807) is 12.1 Å². The molecule has 2 aliphatic heterocycles. The minimum absolute atomic E-state index is 0.189. The van der Waals surface area contributed by atoms with Crippen LogP contribution in [-0.4, -0.2) is 65.9 Å². The molecule has 2 aromatic heterocycles. The van der Waals surface area contributed by atoms with Gasteiger partial charge in [0, 0.05) is 7.11 Å². The highest BCUT2D eigenvalue weighted by Gasteiger charge is 2.64. The molecule has 2 N–H and O–H groups in total. The Bertz CT molecular complexity index is 1050. The van der Waals surface area contributed by atoms with Crippen molar-refractivity contribution >= 4 is 17.5 Å². The maximum atomic E-state index is 12.0. The molecular formula is C20H25N5O7. The Balaban J connectivity index is 1.60. The van der Waals surface area contributed by atoms with Gasteiger partial charge in [-0.15, -0.1) is 0 Å². The van der Waals surface area contributed by atoms with Gasteiger partial charge < -0.3 is 34.2 Å². The van der Waals surface area contributed by atoms with Crippen molar-refractivity contribution in [1.82, 2.24) is 14.6 Å². The second-order valence-corrected chi connectivity index (χ2v) is 8.76. The molecule has 12 heteroatoms. The molecule has 0 bridgehead atoms. The molecule has 0 aliphatic carbocycles. The summed E-state index contributed by atoms with van der Waals surface area (Å²) in [6.45, 7) is 4.75. The van der Waals surface area contributed by atoms with E-state index in [9.17, 15) is 10.1 Å². The fourth-order valence-electron chi connectivity index (χ4n) is 3.71. The molecule has 0 amide bonds. The van der Waals surface area contributed by atoms with Gasteiger partial charge in [-0.1, -0.05) is 20.8 Å². The largest absolute Gasteiger partial charge is 0.508 e. The van der Waals surface area contributed by atoms with Crippen molar-refractivity contribution in [2.24, 2.45) is 5.41 Å². The zero-order valence-electron chi connectivity index (χ0n) is 18.2. The number of rotatable bonds is 5. The van der Waals surface area contributed by atoms with Crippen LogP contribution in [0.15, 0.2) is 18.5 Å². The summed E-state index contributed by atoms with van der Waals surface area (Å²) in [6.07, 6.45) is -2.03. The van der Waals surface area contributed by atoms with Crippen LogP contribution in [0.4, 0.5) is 10.6 Å². The summed E-state index contributed by atoms with van der Waals surface area (Å²) < 4.78 is 34.7. The minimum Gasteiger partial charge on any atom is -0.434 e. The van der Waals surface area contributed by atoms with Crippen LogP contribution < -0.4 is 5.73 Å². The van der Waals surface area contributed by atoms with E-state index in [4.69, 9.17) is 34.2 Å². The van der Waals surface area contributed by atoms with Gasteiger partial charge in [0.15, 0.2) is 5.82 Å². The second kappa shape index (κ2) is 8.18. The molecule has 0 saturated carbocycles. The number of ether oxygens (including phenoxy) is 6. The number of fused-ring (bicyclic) bond motifs is 2. The molecule has 2 aromatic rings. The number of methoxy groups -OCH3 is 1. The van der Waals surface area contributed by atoms with Crippen molar-refractivity contribution in [2.45, 2.75) is 51.2 Å². The van der Waals surface area contributed by atoms with E-state index < -0.39 is 36.5 Å². The third-order valence-electron chi connectivity index (χ3n) is 5.14. The number of hydrogen-bond donors (Lipinski definition) is 1. The van der Waals surface area contributed by atoms with Crippen LogP contribution in [-0.2, 0) is 34.0 Å². The Kier molecular flexibility index (Phi) is 5.68. The van der Waals surface area contributed by atoms with Gasteiger partial charge in [-0.05, 0) is 17.5 Å². The Morgan fingerprint density at radius 2 is 2.12 bits per heavy atom. The zero-order chi connectivity index (χ0) is 23.1. The van der Waals surface area contributed by atoms with Crippen molar-refractivity contribution in [3.8, 4) is 6.07 Å². The van der Waals surface area contributed by atoms with Gasteiger partial charge in [0.05, 0.1) is 12.3 Å². The van der Waals surface area contributed by atoms with Crippen molar-refractivity contribution in [1.29, 1.82) is 5.26 Å². The van der Waals surface area contributed by atoms with Crippen LogP contribution in [0, 0.1) is 16.7 Å². The second-order valence-electron chi connectivity index (χ2n) is 8.76. The first kappa shape index (κ1) is 22.2. The van der Waals surface area contributed by atoms with E-state index in [1.165, 1.54) is 18.0 Å². The minimum atomic E-state index is -1.63. The molecule has 2 aliphatic rings. The van der Waals surface area contributed by atoms with Crippen molar-refractivity contribution in [3.63, 3.8) is 0 Å². The SMILES string of the molecule is COC1O[C@H]2[C@@H](O1)[C@](C#N)(c1ccc3c(N)ncnn13)O[C@@H]2COC(=O)OCC(C)(C)C. The van der Waals surface area contributed by atoms with E-state index in [0.29, 0.717) is 11.2 Å².